The van der Waals surface area contributed by atoms with Gasteiger partial charge in [-0.05, 0) is 90.4 Å². The Morgan fingerprint density at radius 2 is 1.28 bits per heavy atom. The number of hydrogen-bond acceptors (Lipinski definition) is 13. The van der Waals surface area contributed by atoms with Crippen LogP contribution < -0.4 is 10.6 Å². The van der Waals surface area contributed by atoms with Gasteiger partial charge in [0.2, 0.25) is 0 Å². The number of nitrogens with zero attached hydrogens (tertiary/aromatic N) is 2. The monoisotopic (exact) mass is 840 g/mol. The van der Waals surface area contributed by atoms with E-state index in [0.717, 1.165) is 10.9 Å². The highest BCUT2D eigenvalue weighted by atomic mass is 32.2. The number of carbonyl (C=O) groups excluding carboxylic acids is 2. The maximum Gasteiger partial charge on any atom is 0.269 e. The lowest BCUT2D eigenvalue weighted by Crippen LogP contribution is -2.33. The Balaban J connectivity index is 2.25. The lowest BCUT2D eigenvalue weighted by molar-refractivity contribution is 0.0947. The van der Waals surface area contributed by atoms with Gasteiger partial charge in [0.05, 0.1) is 23.0 Å². The van der Waals surface area contributed by atoms with Crippen LogP contribution in [0.15, 0.2) is 34.6 Å². The number of nitrogens with one attached hydrogen (secondary N) is 2. The zero-order valence-electron chi connectivity index (χ0n) is 28.8. The molecule has 2 amide bonds. The van der Waals surface area contributed by atoms with Crippen LogP contribution >= 0.6 is 11.3 Å². The van der Waals surface area contributed by atoms with E-state index in [4.69, 9.17) is 13.7 Å². The minimum absolute atomic E-state index is 0.00255. The predicted octanol–water partition coefficient (Wildman–Crippen LogP) is 2.17. The van der Waals surface area contributed by atoms with Crippen LogP contribution in [0.3, 0.4) is 0 Å². The molecule has 0 aliphatic carbocycles. The molecular weight excluding hydrogens is 801 g/mol. The van der Waals surface area contributed by atoms with Crippen molar-refractivity contribution < 1.29 is 61.5 Å². The van der Waals surface area contributed by atoms with Gasteiger partial charge in [0.1, 0.15) is 11.4 Å². The van der Waals surface area contributed by atoms with Gasteiger partial charge in [-0.15, -0.1) is 11.3 Å². The maximum absolute atomic E-state index is 13.2. The third-order valence-electron chi connectivity index (χ3n) is 8.28. The van der Waals surface area contributed by atoms with Crippen molar-refractivity contribution in [1.29, 1.82) is 0 Å². The third kappa shape index (κ3) is 13.4. The predicted molar refractivity (Wildman–Crippen MR) is 199 cm³/mol. The zero-order valence-corrected chi connectivity index (χ0v) is 32.8. The lowest BCUT2D eigenvalue weighted by Gasteiger charge is -2.33. The number of aliphatic imine (C=N–C) groups is 1. The number of aromatic nitrogens is 1. The van der Waals surface area contributed by atoms with E-state index in [1.54, 1.807) is 25.3 Å². The van der Waals surface area contributed by atoms with E-state index in [0.29, 0.717) is 21.5 Å². The molecule has 18 nitrogen and oxygen atoms in total. The molecule has 0 spiro atoms. The lowest BCUT2D eigenvalue weighted by atomic mass is 9.72. The summed E-state index contributed by atoms with van der Waals surface area (Å²) in [7, 11) is -17.5. The number of fused-ring (bicyclic) bond motifs is 1. The first-order chi connectivity index (χ1) is 24.3. The molecule has 1 aromatic carbocycles. The van der Waals surface area contributed by atoms with E-state index in [9.17, 15) is 47.8 Å². The number of hydrogen-bond donors (Lipinski definition) is 6. The van der Waals surface area contributed by atoms with Gasteiger partial charge in [0.25, 0.3) is 52.3 Å². The van der Waals surface area contributed by atoms with Gasteiger partial charge in [-0.25, -0.2) is 4.98 Å². The number of amides is 2. The second-order valence-corrected chi connectivity index (χ2v) is 19.5. The van der Waals surface area contributed by atoms with Gasteiger partial charge in [-0.1, -0.05) is 6.92 Å². The largest absolute Gasteiger partial charge is 0.350 e. The summed E-state index contributed by atoms with van der Waals surface area (Å²) in [5.41, 5.74) is 0.839. The molecule has 2 heterocycles. The normalized spacial score (nSPS) is 14.2. The summed E-state index contributed by atoms with van der Waals surface area (Å²) in [4.78, 5) is 35.0. The average molecular weight is 841 g/mol. The Morgan fingerprint density at radius 1 is 0.792 bits per heavy atom. The van der Waals surface area contributed by atoms with Crippen LogP contribution in [0.25, 0.3) is 21.2 Å². The number of carbonyl (C=O) groups is 2. The van der Waals surface area contributed by atoms with E-state index in [1.807, 2.05) is 13.0 Å². The zero-order chi connectivity index (χ0) is 40.0. The van der Waals surface area contributed by atoms with E-state index in [1.165, 1.54) is 23.5 Å². The minimum Gasteiger partial charge on any atom is -0.350 e. The molecule has 23 heteroatoms. The van der Waals surface area contributed by atoms with E-state index >= 15 is 0 Å². The number of pyridine rings is 1. The van der Waals surface area contributed by atoms with Gasteiger partial charge < -0.3 is 10.6 Å². The van der Waals surface area contributed by atoms with Gasteiger partial charge in [0.15, 0.2) is 0 Å². The van der Waals surface area contributed by atoms with Crippen molar-refractivity contribution in [1.82, 2.24) is 15.6 Å². The Bertz CT molecular complexity index is 2270. The topological polar surface area (TPSA) is 301 Å². The molecule has 2 aromatic heterocycles. The van der Waals surface area contributed by atoms with Gasteiger partial charge in [-0.2, -0.15) is 33.7 Å². The summed E-state index contributed by atoms with van der Waals surface area (Å²) in [5, 5.41) is 7.14. The molecule has 0 fully saturated rings. The van der Waals surface area contributed by atoms with Crippen LogP contribution in [-0.4, -0.2) is 117 Å². The Hall–Kier alpha value is -3.42. The van der Waals surface area contributed by atoms with Crippen LogP contribution in [-0.2, 0) is 45.9 Å². The molecular formula is C30H40N4O14S5. The Labute approximate surface area is 311 Å². The molecule has 0 radical (unpaired) electrons. The van der Waals surface area contributed by atoms with Crippen molar-refractivity contribution in [2.45, 2.75) is 45.4 Å². The second-order valence-electron chi connectivity index (χ2n) is 12.3. The summed E-state index contributed by atoms with van der Waals surface area (Å²) in [6.45, 7) is 4.28. The maximum atomic E-state index is 13.2. The van der Waals surface area contributed by atoms with Crippen molar-refractivity contribution >= 4 is 79.4 Å². The van der Waals surface area contributed by atoms with Crippen molar-refractivity contribution in [2.24, 2.45) is 4.99 Å². The summed E-state index contributed by atoms with van der Waals surface area (Å²) in [5.74, 6) is -4.56. The number of thiophene rings is 1. The first-order valence-electron chi connectivity index (χ1n) is 15.7. The number of aryl methyl sites for hydroxylation is 1. The summed E-state index contributed by atoms with van der Waals surface area (Å²) in [6.07, 6.45) is 0.114. The van der Waals surface area contributed by atoms with Gasteiger partial charge in [0, 0.05) is 35.5 Å². The highest BCUT2D eigenvalue weighted by Gasteiger charge is 2.34. The molecule has 6 N–H and O–H groups in total. The molecule has 0 saturated carbocycles. The van der Waals surface area contributed by atoms with E-state index in [-0.39, 0.29) is 42.8 Å². The SMILES string of the molecule is C/C(=N\CCCS(=O)(=O)O)C(C)(CCCS(=O)(=O)O)c1cc(-c2cc(C(=O)NCCS(=O)(=O)O)nc(C(=O)NCCS(=O)(=O)O)c2)c2sccc2c1C. The molecule has 1 atom stereocenters. The highest BCUT2D eigenvalue weighted by molar-refractivity contribution is 7.86. The summed E-state index contributed by atoms with van der Waals surface area (Å²) < 4.78 is 128. The van der Waals surface area contributed by atoms with Gasteiger partial charge in [-0.3, -0.25) is 32.8 Å². The van der Waals surface area contributed by atoms with Crippen molar-refractivity contribution in [3.8, 4) is 11.1 Å². The molecule has 294 valence electrons. The molecule has 0 aliphatic rings. The Kier molecular flexibility index (Phi) is 14.4. The van der Waals surface area contributed by atoms with Crippen LogP contribution in [0, 0.1) is 6.92 Å². The van der Waals surface area contributed by atoms with Gasteiger partial charge >= 0.3 is 0 Å². The average Bonchev–Trinajstić information content (AvgIpc) is 3.51. The standard InChI is InChI=1S/C30H40N4O14S5/c1-19-22-6-11-49-27(22)23(18-24(19)30(3,7-4-12-50(37,38)39)20(2)31-8-5-13-51(40,41)42)21-16-25(28(35)32-9-14-52(43,44)45)34-26(17-21)29(36)33-10-15-53(46,47)48/h6,11,16-18H,4-5,7-10,12-15H2,1-3H3,(H,32,35)(H,33,36)(H,37,38,39)(H,40,41,42)(H,43,44,45)(H,46,47,48)/b31-20+. The molecule has 0 saturated heterocycles. The van der Waals surface area contributed by atoms with Crippen LogP contribution in [0.5, 0.6) is 0 Å². The highest BCUT2D eigenvalue weighted by Crippen LogP contribution is 2.43. The van der Waals surface area contributed by atoms with Crippen molar-refractivity contribution in [3.05, 3.63) is 52.2 Å². The van der Waals surface area contributed by atoms with Crippen molar-refractivity contribution in [2.75, 3.05) is 42.6 Å². The fourth-order valence-electron chi connectivity index (χ4n) is 5.54. The molecule has 53 heavy (non-hydrogen) atoms. The van der Waals surface area contributed by atoms with Crippen LogP contribution in [0.4, 0.5) is 0 Å². The minimum atomic E-state index is -4.44. The molecule has 0 aliphatic heterocycles. The van der Waals surface area contributed by atoms with Crippen molar-refractivity contribution in [3.63, 3.8) is 0 Å². The number of rotatable bonds is 19. The summed E-state index contributed by atoms with van der Waals surface area (Å²) >= 11 is 1.32. The smallest absolute Gasteiger partial charge is 0.269 e. The first-order valence-corrected chi connectivity index (χ1v) is 23.0. The Morgan fingerprint density at radius 3 is 1.77 bits per heavy atom. The summed E-state index contributed by atoms with van der Waals surface area (Å²) in [6, 6.07) is 6.25. The molecule has 1 unspecified atom stereocenters. The molecule has 3 aromatic rings. The molecule has 3 rings (SSSR count). The fourth-order valence-corrected chi connectivity index (χ4v) is 8.25. The first kappa shape index (κ1) is 44.0. The van der Waals surface area contributed by atoms with Crippen LogP contribution in [0.1, 0.15) is 65.2 Å². The molecule has 0 bridgehead atoms. The number of benzene rings is 1. The quantitative estimate of drug-likeness (QED) is 0.0573. The second kappa shape index (κ2) is 17.4. The third-order valence-corrected chi connectivity index (χ3v) is 12.3. The van der Waals surface area contributed by atoms with E-state index in [2.05, 4.69) is 20.6 Å². The fraction of sp³-hybridized carbons (Fsp3) is 0.467. The van der Waals surface area contributed by atoms with Crippen LogP contribution in [0.2, 0.25) is 0 Å². The van der Waals surface area contributed by atoms with E-state index < -0.39 is 93.8 Å².